The van der Waals surface area contributed by atoms with Crippen LogP contribution in [0, 0.1) is 5.41 Å². The molecule has 15 nitrogen and oxygen atoms in total. The van der Waals surface area contributed by atoms with Crippen LogP contribution in [0.1, 0.15) is 47.8 Å². The molecule has 0 saturated carbocycles. The van der Waals surface area contributed by atoms with Crippen molar-refractivity contribution in [2.24, 2.45) is 5.41 Å². The van der Waals surface area contributed by atoms with Crippen LogP contribution in [0.3, 0.4) is 0 Å². The summed E-state index contributed by atoms with van der Waals surface area (Å²) in [6.07, 6.45) is -2.66. The van der Waals surface area contributed by atoms with E-state index >= 15 is 4.39 Å². The van der Waals surface area contributed by atoms with Gasteiger partial charge >= 0.3 is 13.7 Å². The normalized spacial score (nSPS) is 25.8. The minimum Gasteiger partial charge on any atom is -0.476 e. The van der Waals surface area contributed by atoms with Crippen LogP contribution in [0.15, 0.2) is 36.7 Å². The number of esters is 1. The molecule has 6 atom stereocenters. The van der Waals surface area contributed by atoms with Gasteiger partial charge in [-0.05, 0) is 38.3 Å². The van der Waals surface area contributed by atoms with Crippen LogP contribution < -0.4 is 20.1 Å². The number of carbonyl (C=O) groups excluding carboxylic acids is 1. The van der Waals surface area contributed by atoms with Gasteiger partial charge in [-0.25, -0.2) is 13.9 Å². The van der Waals surface area contributed by atoms with E-state index < -0.39 is 50.2 Å². The van der Waals surface area contributed by atoms with E-state index in [1.54, 1.807) is 25.1 Å². The second-order valence-corrected chi connectivity index (χ2v) is 13.4. The van der Waals surface area contributed by atoms with Crippen LogP contribution in [0.25, 0.3) is 11.2 Å². The Morgan fingerprint density at radius 3 is 2.61 bits per heavy atom. The molecule has 5 N–H and O–H groups in total. The number of nitrogens with zero attached hydrogens (tertiary/aromatic N) is 4. The zero-order chi connectivity index (χ0) is 32.5. The van der Waals surface area contributed by atoms with Crippen LogP contribution in [0.5, 0.6) is 11.6 Å². The van der Waals surface area contributed by atoms with Gasteiger partial charge in [0.1, 0.15) is 30.1 Å². The Morgan fingerprint density at radius 1 is 1.30 bits per heavy atom. The highest BCUT2D eigenvalue weighted by molar-refractivity contribution is 7.52. The van der Waals surface area contributed by atoms with Crippen LogP contribution in [-0.2, 0) is 23.4 Å². The molecule has 242 valence electrons. The van der Waals surface area contributed by atoms with Crippen molar-refractivity contribution < 1.29 is 47.2 Å². The Hall–Kier alpha value is -3.40. The van der Waals surface area contributed by atoms with E-state index in [1.165, 1.54) is 25.4 Å². The summed E-state index contributed by atoms with van der Waals surface area (Å²) in [4.78, 5) is 24.9. The lowest BCUT2D eigenvalue weighted by Crippen LogP contribution is -2.49. The van der Waals surface area contributed by atoms with Crippen molar-refractivity contribution in [1.29, 1.82) is 0 Å². The molecule has 0 spiro atoms. The van der Waals surface area contributed by atoms with Crippen LogP contribution in [0.4, 0.5) is 10.3 Å². The van der Waals surface area contributed by atoms with Crippen molar-refractivity contribution in [3.05, 3.63) is 36.7 Å². The fourth-order valence-electron chi connectivity index (χ4n) is 4.29. The van der Waals surface area contributed by atoms with Crippen molar-refractivity contribution >= 4 is 30.8 Å². The first-order valence-electron chi connectivity index (χ1n) is 13.8. The SMILES string of the molecule is CCOc1nc(N)nc2c1ncn2C1O[C@](F)(COP(=O)(NC(C)C(=O)OCC(C)(C)C)Oc2ccccc2)[C@@H](O)[C@@]1(C)O. The second-order valence-electron chi connectivity index (χ2n) is 11.7. The van der Waals surface area contributed by atoms with Gasteiger partial charge in [0, 0.05) is 0 Å². The summed E-state index contributed by atoms with van der Waals surface area (Å²) >= 11 is 0. The number of anilines is 1. The molecule has 4 rings (SSSR count). The number of aromatic nitrogens is 4. The highest BCUT2D eigenvalue weighted by Crippen LogP contribution is 2.51. The Morgan fingerprint density at radius 2 is 1.98 bits per heavy atom. The molecule has 3 unspecified atom stereocenters. The Kier molecular flexibility index (Phi) is 9.54. The zero-order valence-corrected chi connectivity index (χ0v) is 26.2. The molecule has 17 heteroatoms. The van der Waals surface area contributed by atoms with Crippen molar-refractivity contribution in [2.75, 3.05) is 25.6 Å². The number of benzene rings is 1. The summed E-state index contributed by atoms with van der Waals surface area (Å²) in [7, 11) is -4.56. The Labute approximate surface area is 253 Å². The molecule has 1 aliphatic heterocycles. The number of imidazole rings is 1. The molecular formula is C27H38FN6O9P. The number of nitrogen functional groups attached to an aromatic ring is 1. The van der Waals surface area contributed by atoms with E-state index in [0.29, 0.717) is 0 Å². The van der Waals surface area contributed by atoms with Gasteiger partial charge in [-0.15, -0.1) is 0 Å². The smallest absolute Gasteiger partial charge is 0.459 e. The van der Waals surface area contributed by atoms with Gasteiger partial charge in [0.05, 0.1) is 19.5 Å². The van der Waals surface area contributed by atoms with Crippen molar-refractivity contribution in [3.8, 4) is 11.6 Å². The number of para-hydroxylation sites is 1. The maximum absolute atomic E-state index is 16.4. The monoisotopic (exact) mass is 640 g/mol. The Balaban J connectivity index is 1.59. The molecule has 1 saturated heterocycles. The van der Waals surface area contributed by atoms with E-state index in [1.807, 2.05) is 20.8 Å². The molecule has 0 aliphatic carbocycles. The average Bonchev–Trinajstić information content (AvgIpc) is 3.43. The molecule has 44 heavy (non-hydrogen) atoms. The molecular weight excluding hydrogens is 602 g/mol. The van der Waals surface area contributed by atoms with Gasteiger partial charge in [-0.3, -0.25) is 13.9 Å². The number of aliphatic hydroxyl groups excluding tert-OH is 1. The van der Waals surface area contributed by atoms with Gasteiger partial charge in [-0.1, -0.05) is 39.0 Å². The fourth-order valence-corrected chi connectivity index (χ4v) is 5.80. The van der Waals surface area contributed by atoms with Crippen molar-refractivity contribution in [1.82, 2.24) is 24.6 Å². The number of rotatable bonds is 12. The molecule has 1 aliphatic rings. The Bertz CT molecular complexity index is 1520. The van der Waals surface area contributed by atoms with Gasteiger partial charge < -0.3 is 34.7 Å². The van der Waals surface area contributed by atoms with Gasteiger partial charge in [0.15, 0.2) is 17.4 Å². The number of nitrogens with one attached hydrogen (secondary N) is 1. The first-order chi connectivity index (χ1) is 20.5. The molecule has 1 fully saturated rings. The highest BCUT2D eigenvalue weighted by Gasteiger charge is 2.64. The molecule has 3 heterocycles. The lowest BCUT2D eigenvalue weighted by molar-refractivity contribution is -0.202. The predicted molar refractivity (Wildman–Crippen MR) is 155 cm³/mol. The van der Waals surface area contributed by atoms with E-state index in [-0.39, 0.29) is 47.4 Å². The van der Waals surface area contributed by atoms with Gasteiger partial charge in [-0.2, -0.15) is 15.1 Å². The maximum atomic E-state index is 16.4. The third-order valence-corrected chi connectivity index (χ3v) is 8.09. The lowest BCUT2D eigenvalue weighted by Gasteiger charge is -2.29. The maximum Gasteiger partial charge on any atom is 0.459 e. The summed E-state index contributed by atoms with van der Waals surface area (Å²) in [5.74, 6) is -3.94. The third-order valence-electron chi connectivity index (χ3n) is 6.46. The number of fused-ring (bicyclic) bond motifs is 1. The first-order valence-corrected chi connectivity index (χ1v) is 15.4. The van der Waals surface area contributed by atoms with E-state index in [4.69, 9.17) is 29.0 Å². The van der Waals surface area contributed by atoms with Crippen LogP contribution in [-0.4, -0.2) is 79.1 Å². The number of alkyl halides is 1. The van der Waals surface area contributed by atoms with Gasteiger partial charge in [0.25, 0.3) is 5.85 Å². The van der Waals surface area contributed by atoms with Crippen LogP contribution >= 0.6 is 7.75 Å². The number of aliphatic hydroxyl groups is 2. The molecule has 2 aromatic heterocycles. The molecule has 0 bridgehead atoms. The summed E-state index contributed by atoms with van der Waals surface area (Å²) in [5, 5.41) is 24.6. The van der Waals surface area contributed by atoms with Crippen molar-refractivity contribution in [3.63, 3.8) is 0 Å². The third kappa shape index (κ3) is 7.28. The minimum atomic E-state index is -4.56. The van der Waals surface area contributed by atoms with Crippen LogP contribution in [0.2, 0.25) is 0 Å². The van der Waals surface area contributed by atoms with Gasteiger partial charge in [0.2, 0.25) is 11.8 Å². The lowest BCUT2D eigenvalue weighted by atomic mass is 9.95. The minimum absolute atomic E-state index is 0.0333. The summed E-state index contributed by atoms with van der Waals surface area (Å²) in [6.45, 7) is 8.96. The number of halogens is 1. The molecule has 1 aromatic carbocycles. The number of carbonyl (C=O) groups is 1. The van der Waals surface area contributed by atoms with E-state index in [0.717, 1.165) is 11.5 Å². The van der Waals surface area contributed by atoms with E-state index in [9.17, 15) is 19.6 Å². The second kappa shape index (κ2) is 12.5. The number of hydrogen-bond acceptors (Lipinski definition) is 13. The number of nitrogens with two attached hydrogens (primary N) is 1. The first kappa shape index (κ1) is 33.5. The quantitative estimate of drug-likeness (QED) is 0.166. The average molecular weight is 641 g/mol. The summed E-state index contributed by atoms with van der Waals surface area (Å²) in [5.41, 5.74) is 3.38. The molecule has 3 aromatic rings. The topological polar surface area (TPSA) is 202 Å². The highest BCUT2D eigenvalue weighted by atomic mass is 31.2. The standard InChI is InChI=1S/C27H38FN6O9P/c1-7-39-20-18-19(31-24(29)32-20)34(15-30-18)23-26(6,37)22(36)27(28,42-23)14-41-44(38,43-17-11-9-8-10-12-17)33-16(2)21(35)40-13-25(3,4)5/h8-12,15-16,22-23,36-37H,7,13-14H2,1-6H3,(H,33,38)(H2,29,31,32)/t16?,22-,23?,26+,27+,44?/m0/s1. The largest absolute Gasteiger partial charge is 0.476 e. The summed E-state index contributed by atoms with van der Waals surface area (Å²) in [6, 6.07) is 6.63. The zero-order valence-electron chi connectivity index (χ0n) is 25.3. The van der Waals surface area contributed by atoms with E-state index in [2.05, 4.69) is 20.0 Å². The predicted octanol–water partition coefficient (Wildman–Crippen LogP) is 2.88. The number of hydrogen-bond donors (Lipinski definition) is 4. The molecule has 0 radical (unpaired) electrons. The fraction of sp³-hybridized carbons (Fsp3) is 0.556. The summed E-state index contributed by atoms with van der Waals surface area (Å²) < 4.78 is 58.7. The van der Waals surface area contributed by atoms with Crippen molar-refractivity contribution in [2.45, 2.75) is 71.4 Å². The number of ether oxygens (including phenoxy) is 3. The molecule has 0 amide bonds.